The number of hydrogen-bond donors (Lipinski definition) is 3. The van der Waals surface area contributed by atoms with Crippen LogP contribution >= 0.6 is 0 Å². The second kappa shape index (κ2) is 10.8. The Balaban J connectivity index is 1.40. The van der Waals surface area contributed by atoms with Crippen molar-refractivity contribution in [3.05, 3.63) is 54.4 Å². The minimum Gasteiger partial charge on any atom is -0.372 e. The third kappa shape index (κ3) is 7.25. The van der Waals surface area contributed by atoms with Crippen LogP contribution < -0.4 is 20.3 Å². The van der Waals surface area contributed by atoms with Crippen molar-refractivity contribution in [2.45, 2.75) is 19.3 Å². The van der Waals surface area contributed by atoms with Crippen LogP contribution in [0.4, 0.5) is 11.4 Å². The normalized spacial score (nSPS) is 14.0. The topological polar surface area (TPSA) is 121 Å². The molecule has 3 rings (SSSR count). The summed E-state index contributed by atoms with van der Waals surface area (Å²) in [7, 11) is -3.84. The molecule has 2 amide bonds. The van der Waals surface area contributed by atoms with E-state index in [-0.39, 0.29) is 19.0 Å². The Morgan fingerprint density at radius 1 is 0.968 bits per heavy atom. The highest BCUT2D eigenvalue weighted by atomic mass is 32.2. The molecule has 1 fully saturated rings. The van der Waals surface area contributed by atoms with Gasteiger partial charge in [0.2, 0.25) is 15.9 Å². The zero-order valence-corrected chi connectivity index (χ0v) is 18.0. The molecule has 1 saturated heterocycles. The van der Waals surface area contributed by atoms with Crippen LogP contribution in [0.1, 0.15) is 29.6 Å². The zero-order valence-electron chi connectivity index (χ0n) is 17.2. The molecule has 0 spiro atoms. The number of nitrogens with zero attached hydrogens (tertiary/aromatic N) is 2. The number of carbonyl (C=O) groups excluding carboxylic acids is 2. The lowest BCUT2D eigenvalue weighted by molar-refractivity contribution is -0.118. The predicted octanol–water partition coefficient (Wildman–Crippen LogP) is 1.36. The molecule has 0 radical (unpaired) electrons. The maximum Gasteiger partial charge on any atom is 0.252 e. The minimum atomic E-state index is -3.84. The van der Waals surface area contributed by atoms with E-state index >= 15 is 0 Å². The van der Waals surface area contributed by atoms with Gasteiger partial charge < -0.3 is 15.5 Å². The third-order valence-electron chi connectivity index (χ3n) is 4.84. The molecule has 3 N–H and O–H groups in total. The number of anilines is 2. The van der Waals surface area contributed by atoms with Crippen molar-refractivity contribution in [3.63, 3.8) is 0 Å². The summed E-state index contributed by atoms with van der Waals surface area (Å²) in [5, 5.41) is 5.11. The SMILES string of the molecule is O=C(CS(=O)(=O)Nc1ccc(N2CCCCC2)cc1)NCCNC(=O)c1cccnc1. The van der Waals surface area contributed by atoms with Gasteiger partial charge in [-0.05, 0) is 55.7 Å². The van der Waals surface area contributed by atoms with Crippen LogP contribution in [0.25, 0.3) is 0 Å². The number of nitrogens with one attached hydrogen (secondary N) is 3. The second-order valence-electron chi connectivity index (χ2n) is 7.30. The fourth-order valence-electron chi connectivity index (χ4n) is 3.31. The second-order valence-corrected chi connectivity index (χ2v) is 9.03. The molecule has 0 aliphatic carbocycles. The predicted molar refractivity (Wildman–Crippen MR) is 119 cm³/mol. The summed E-state index contributed by atoms with van der Waals surface area (Å²) in [6, 6.07) is 10.4. The summed E-state index contributed by atoms with van der Waals surface area (Å²) in [5.74, 6) is -1.66. The molecule has 166 valence electrons. The summed E-state index contributed by atoms with van der Waals surface area (Å²) in [6.45, 7) is 2.30. The van der Waals surface area contributed by atoms with Crippen LogP contribution in [-0.2, 0) is 14.8 Å². The van der Waals surface area contributed by atoms with Crippen molar-refractivity contribution in [2.75, 3.05) is 41.6 Å². The number of carbonyl (C=O) groups is 2. The molecule has 0 bridgehead atoms. The first-order valence-corrected chi connectivity index (χ1v) is 11.9. The summed E-state index contributed by atoms with van der Waals surface area (Å²) in [4.78, 5) is 30.0. The van der Waals surface area contributed by atoms with Crippen LogP contribution in [0.2, 0.25) is 0 Å². The van der Waals surface area contributed by atoms with Crippen molar-refractivity contribution in [1.82, 2.24) is 15.6 Å². The Kier molecular flexibility index (Phi) is 7.82. The molecular formula is C21H27N5O4S. The molecule has 10 heteroatoms. The fourth-order valence-corrected chi connectivity index (χ4v) is 4.32. The van der Waals surface area contributed by atoms with Crippen LogP contribution in [0, 0.1) is 0 Å². The van der Waals surface area contributed by atoms with Crippen LogP contribution in [0.3, 0.4) is 0 Å². The Bertz CT molecular complexity index is 975. The number of hydrogen-bond acceptors (Lipinski definition) is 6. The number of benzene rings is 1. The number of aromatic nitrogens is 1. The van der Waals surface area contributed by atoms with Gasteiger partial charge in [-0.3, -0.25) is 19.3 Å². The van der Waals surface area contributed by atoms with Crippen LogP contribution in [0.5, 0.6) is 0 Å². The minimum absolute atomic E-state index is 0.116. The molecule has 0 atom stereocenters. The molecule has 1 aromatic heterocycles. The molecule has 1 aromatic carbocycles. The Hall–Kier alpha value is -3.14. The smallest absolute Gasteiger partial charge is 0.252 e. The lowest BCUT2D eigenvalue weighted by Crippen LogP contribution is -2.38. The zero-order chi connectivity index (χ0) is 22.1. The van der Waals surface area contributed by atoms with E-state index in [4.69, 9.17) is 0 Å². The summed E-state index contributed by atoms with van der Waals surface area (Å²) >= 11 is 0. The van der Waals surface area contributed by atoms with E-state index in [1.807, 2.05) is 12.1 Å². The van der Waals surface area contributed by atoms with Crippen molar-refractivity contribution in [2.24, 2.45) is 0 Å². The van der Waals surface area contributed by atoms with Gasteiger partial charge in [-0.15, -0.1) is 0 Å². The van der Waals surface area contributed by atoms with Gasteiger partial charge in [-0.2, -0.15) is 0 Å². The monoisotopic (exact) mass is 445 g/mol. The third-order valence-corrected chi connectivity index (χ3v) is 6.03. The van der Waals surface area contributed by atoms with E-state index in [0.717, 1.165) is 31.6 Å². The standard InChI is InChI=1S/C21H27N5O4S/c27-20(23-11-12-24-21(28)17-5-4-10-22-15-17)16-31(29,30)25-18-6-8-19(9-7-18)26-13-2-1-3-14-26/h4-10,15,25H,1-3,11-14,16H2,(H,23,27)(H,24,28). The molecule has 0 unspecified atom stereocenters. The van der Waals surface area contributed by atoms with Crippen molar-refractivity contribution in [1.29, 1.82) is 0 Å². The largest absolute Gasteiger partial charge is 0.372 e. The number of pyridine rings is 1. The Labute approximate surface area is 182 Å². The van der Waals surface area contributed by atoms with Crippen LogP contribution in [0.15, 0.2) is 48.8 Å². The lowest BCUT2D eigenvalue weighted by atomic mass is 10.1. The molecule has 2 aromatic rings. The van der Waals surface area contributed by atoms with Gasteiger partial charge in [0.15, 0.2) is 0 Å². The molecule has 0 saturated carbocycles. The molecule has 31 heavy (non-hydrogen) atoms. The average molecular weight is 446 g/mol. The summed E-state index contributed by atoms with van der Waals surface area (Å²) in [6.07, 6.45) is 6.57. The number of amides is 2. The van der Waals surface area contributed by atoms with E-state index in [2.05, 4.69) is 25.2 Å². The molecule has 9 nitrogen and oxygen atoms in total. The van der Waals surface area contributed by atoms with E-state index in [1.165, 1.54) is 12.6 Å². The van der Waals surface area contributed by atoms with Gasteiger partial charge in [0, 0.05) is 49.9 Å². The van der Waals surface area contributed by atoms with Crippen LogP contribution in [-0.4, -0.2) is 57.1 Å². The number of piperidine rings is 1. The lowest BCUT2D eigenvalue weighted by Gasteiger charge is -2.28. The first kappa shape index (κ1) is 22.5. The van der Waals surface area contributed by atoms with Gasteiger partial charge in [0.25, 0.3) is 5.91 Å². The molecular weight excluding hydrogens is 418 g/mol. The van der Waals surface area contributed by atoms with E-state index in [9.17, 15) is 18.0 Å². The number of sulfonamides is 1. The van der Waals surface area contributed by atoms with Crippen molar-refractivity contribution >= 4 is 33.2 Å². The first-order valence-electron chi connectivity index (χ1n) is 10.2. The maximum atomic E-state index is 12.3. The summed E-state index contributed by atoms with van der Waals surface area (Å²) < 4.78 is 27.0. The summed E-state index contributed by atoms with van der Waals surface area (Å²) in [5.41, 5.74) is 1.89. The Morgan fingerprint density at radius 3 is 2.35 bits per heavy atom. The van der Waals surface area contributed by atoms with E-state index in [1.54, 1.807) is 30.5 Å². The average Bonchev–Trinajstić information content (AvgIpc) is 2.77. The van der Waals surface area contributed by atoms with Gasteiger partial charge in [-0.1, -0.05) is 0 Å². The molecule has 2 heterocycles. The Morgan fingerprint density at radius 2 is 1.68 bits per heavy atom. The van der Waals surface area contributed by atoms with Gasteiger partial charge in [0.05, 0.1) is 5.56 Å². The highest BCUT2D eigenvalue weighted by Gasteiger charge is 2.17. The fraction of sp³-hybridized carbons (Fsp3) is 0.381. The quantitative estimate of drug-likeness (QED) is 0.501. The van der Waals surface area contributed by atoms with Gasteiger partial charge >= 0.3 is 0 Å². The highest BCUT2D eigenvalue weighted by Crippen LogP contribution is 2.22. The first-order chi connectivity index (χ1) is 14.9. The van der Waals surface area contributed by atoms with Crippen molar-refractivity contribution < 1.29 is 18.0 Å². The van der Waals surface area contributed by atoms with Gasteiger partial charge in [0.1, 0.15) is 5.75 Å². The van der Waals surface area contributed by atoms with E-state index < -0.39 is 21.7 Å². The highest BCUT2D eigenvalue weighted by molar-refractivity contribution is 7.93. The van der Waals surface area contributed by atoms with E-state index in [0.29, 0.717) is 11.3 Å². The molecule has 1 aliphatic heterocycles. The molecule has 1 aliphatic rings. The van der Waals surface area contributed by atoms with Gasteiger partial charge in [-0.25, -0.2) is 8.42 Å². The maximum absolute atomic E-state index is 12.3. The van der Waals surface area contributed by atoms with Crippen molar-refractivity contribution in [3.8, 4) is 0 Å². The number of rotatable bonds is 9.